The van der Waals surface area contributed by atoms with Crippen molar-refractivity contribution in [3.8, 4) is 16.9 Å². The van der Waals surface area contributed by atoms with Crippen LogP contribution in [0.3, 0.4) is 0 Å². The molecule has 1 aliphatic carbocycles. The molecule has 43 heavy (non-hydrogen) atoms. The van der Waals surface area contributed by atoms with Gasteiger partial charge in [-0.3, -0.25) is 14.7 Å². The molecule has 2 aromatic heterocycles. The minimum atomic E-state index is -0.750. The molecule has 1 fully saturated rings. The van der Waals surface area contributed by atoms with Crippen LogP contribution >= 0.6 is 0 Å². The maximum atomic E-state index is 15.1. The number of carboxylic acids is 1. The number of imidazole rings is 1. The van der Waals surface area contributed by atoms with E-state index in [9.17, 15) is 9.90 Å². The van der Waals surface area contributed by atoms with Gasteiger partial charge < -0.3 is 14.4 Å². The van der Waals surface area contributed by atoms with Crippen molar-refractivity contribution in [1.82, 2.24) is 19.4 Å². The number of fused-ring (bicyclic) bond motifs is 2. The summed E-state index contributed by atoms with van der Waals surface area (Å²) in [7, 11) is 0. The van der Waals surface area contributed by atoms with Crippen LogP contribution in [0, 0.1) is 24.6 Å². The summed E-state index contributed by atoms with van der Waals surface area (Å²) in [5.41, 5.74) is 7.74. The monoisotopic (exact) mass is 580 g/mol. The normalized spacial score (nSPS) is 19.7. The van der Waals surface area contributed by atoms with E-state index in [4.69, 9.17) is 4.74 Å². The molecule has 3 atom stereocenters. The van der Waals surface area contributed by atoms with E-state index >= 15 is 4.39 Å². The molecule has 1 saturated carbocycles. The number of pyridine rings is 1. The molecule has 0 amide bonds. The zero-order valence-corrected chi connectivity index (χ0v) is 24.7. The van der Waals surface area contributed by atoms with Crippen LogP contribution in [0.2, 0.25) is 0 Å². The van der Waals surface area contributed by atoms with E-state index in [1.54, 1.807) is 0 Å². The van der Waals surface area contributed by atoms with Crippen LogP contribution in [-0.4, -0.2) is 37.1 Å². The van der Waals surface area contributed by atoms with Gasteiger partial charge in [0.1, 0.15) is 17.7 Å². The maximum absolute atomic E-state index is 15.1. The lowest BCUT2D eigenvalue weighted by atomic mass is 9.82. The molecule has 7 rings (SSSR count). The Hall–Kier alpha value is -4.04. The Morgan fingerprint density at radius 1 is 1.09 bits per heavy atom. The summed E-state index contributed by atoms with van der Waals surface area (Å²) in [4.78, 5) is 22.7. The Morgan fingerprint density at radius 3 is 2.77 bits per heavy atom. The third-order valence-corrected chi connectivity index (χ3v) is 9.50. The van der Waals surface area contributed by atoms with Gasteiger partial charge in [-0.1, -0.05) is 37.3 Å². The first-order valence-electron chi connectivity index (χ1n) is 15.3. The largest absolute Gasteiger partial charge is 0.485 e. The fourth-order valence-electron chi connectivity index (χ4n) is 6.98. The van der Waals surface area contributed by atoms with Gasteiger partial charge in [-0.2, -0.15) is 0 Å². The van der Waals surface area contributed by atoms with Crippen molar-refractivity contribution < 1.29 is 19.0 Å². The highest BCUT2D eigenvalue weighted by atomic mass is 19.1. The van der Waals surface area contributed by atoms with Gasteiger partial charge in [-0.15, -0.1) is 0 Å². The van der Waals surface area contributed by atoms with Crippen LogP contribution in [0.4, 0.5) is 4.39 Å². The van der Waals surface area contributed by atoms with Crippen molar-refractivity contribution in [1.29, 1.82) is 0 Å². The number of aryl methyl sites for hydroxylation is 2. The standard InChI is InChI=1S/C35H37FN4O3/c1-21-13-30(31(36)17-38-21)29-9-7-25(14-27(29)18-39-11-12-40-20-37-16-28(40)19-39)32-10-8-23-3-6-26(15-33(23)43-32)34(24-4-5-24)22(2)35(41)42/h3,6-7,9,13-17,20,22,24,32,34H,4-5,8,10-12,18-19H2,1-2H3,(H,41,42)/t22-,32?,34-/m0/s1. The molecule has 0 radical (unpaired) electrons. The second-order valence-electron chi connectivity index (χ2n) is 12.5. The number of nitrogens with zero attached hydrogens (tertiary/aromatic N) is 4. The van der Waals surface area contributed by atoms with Crippen molar-refractivity contribution in [2.24, 2.45) is 11.8 Å². The molecule has 4 aromatic rings. The van der Waals surface area contributed by atoms with Gasteiger partial charge in [-0.25, -0.2) is 9.37 Å². The van der Waals surface area contributed by atoms with Gasteiger partial charge in [0.05, 0.1) is 24.1 Å². The lowest BCUT2D eigenvalue weighted by Gasteiger charge is -2.31. The van der Waals surface area contributed by atoms with Crippen molar-refractivity contribution in [3.05, 3.63) is 101 Å². The zero-order chi connectivity index (χ0) is 29.7. The van der Waals surface area contributed by atoms with Crippen molar-refractivity contribution in [2.45, 2.75) is 71.2 Å². The van der Waals surface area contributed by atoms with E-state index < -0.39 is 11.9 Å². The summed E-state index contributed by atoms with van der Waals surface area (Å²) in [6, 6.07) is 14.4. The first-order valence-corrected chi connectivity index (χ1v) is 15.3. The van der Waals surface area contributed by atoms with Crippen molar-refractivity contribution in [3.63, 3.8) is 0 Å². The van der Waals surface area contributed by atoms with Crippen LogP contribution in [0.25, 0.3) is 11.1 Å². The number of ether oxygens (including phenoxy) is 1. The molecule has 7 nitrogen and oxygen atoms in total. The molecule has 1 N–H and O–H groups in total. The fraction of sp³-hybridized carbons (Fsp3) is 0.400. The summed E-state index contributed by atoms with van der Waals surface area (Å²) in [5, 5.41) is 9.77. The number of hydrogen-bond donors (Lipinski definition) is 1. The van der Waals surface area contributed by atoms with Crippen LogP contribution in [-0.2, 0) is 30.8 Å². The van der Waals surface area contributed by atoms with E-state index in [2.05, 4.69) is 49.8 Å². The van der Waals surface area contributed by atoms with E-state index in [0.717, 1.165) is 84.6 Å². The molecule has 1 unspecified atom stereocenters. The highest BCUT2D eigenvalue weighted by Gasteiger charge is 2.39. The Kier molecular flexibility index (Phi) is 7.25. The highest BCUT2D eigenvalue weighted by Crippen LogP contribution is 2.48. The molecule has 0 saturated heterocycles. The number of aliphatic carboxylic acids is 1. The molecule has 2 aromatic carbocycles. The Bertz CT molecular complexity index is 1680. The van der Waals surface area contributed by atoms with Crippen molar-refractivity contribution >= 4 is 5.97 Å². The first kappa shape index (κ1) is 27.8. The van der Waals surface area contributed by atoms with Gasteiger partial charge in [0.2, 0.25) is 0 Å². The average Bonchev–Trinajstić information content (AvgIpc) is 3.73. The zero-order valence-electron chi connectivity index (χ0n) is 24.7. The van der Waals surface area contributed by atoms with Gasteiger partial charge in [-0.05, 0) is 84.4 Å². The van der Waals surface area contributed by atoms with Gasteiger partial charge in [0, 0.05) is 43.6 Å². The molecule has 0 spiro atoms. The summed E-state index contributed by atoms with van der Waals surface area (Å²) in [6.07, 6.45) is 8.85. The predicted molar refractivity (Wildman–Crippen MR) is 161 cm³/mol. The molecule has 0 bridgehead atoms. The Morgan fingerprint density at radius 2 is 1.95 bits per heavy atom. The maximum Gasteiger partial charge on any atom is 0.306 e. The van der Waals surface area contributed by atoms with Gasteiger partial charge in [0.15, 0.2) is 0 Å². The minimum absolute atomic E-state index is 0.00257. The number of aromatic nitrogens is 3. The molecule has 3 aliphatic rings. The molecule has 222 valence electrons. The summed E-state index contributed by atoms with van der Waals surface area (Å²) < 4.78 is 24.0. The number of rotatable bonds is 8. The Labute approximate surface area is 251 Å². The molecule has 8 heteroatoms. The van der Waals surface area contributed by atoms with E-state index in [1.165, 1.54) is 11.9 Å². The van der Waals surface area contributed by atoms with Gasteiger partial charge >= 0.3 is 5.97 Å². The number of hydrogen-bond acceptors (Lipinski definition) is 5. The van der Waals surface area contributed by atoms with Gasteiger partial charge in [0.25, 0.3) is 0 Å². The van der Waals surface area contributed by atoms with E-state index in [-0.39, 0.29) is 17.8 Å². The lowest BCUT2D eigenvalue weighted by molar-refractivity contribution is -0.142. The summed E-state index contributed by atoms with van der Waals surface area (Å²) in [6.45, 7) is 6.93. The SMILES string of the molecule is Cc1cc(-c2ccc(C3CCc4ccc([C@H](C5CC5)[C@H](C)C(=O)O)cc4O3)cc2CN2CCn3cncc3C2)c(F)cn1. The van der Waals surface area contributed by atoms with Crippen LogP contribution in [0.5, 0.6) is 5.75 Å². The second-order valence-corrected chi connectivity index (χ2v) is 12.5. The lowest BCUT2D eigenvalue weighted by Crippen LogP contribution is -2.32. The average molecular weight is 581 g/mol. The fourth-order valence-corrected chi connectivity index (χ4v) is 6.98. The third kappa shape index (κ3) is 5.56. The van der Waals surface area contributed by atoms with Crippen molar-refractivity contribution in [2.75, 3.05) is 6.54 Å². The number of carboxylic acid groups (broad SMARTS) is 1. The first-order chi connectivity index (χ1) is 20.8. The Balaban J connectivity index is 1.20. The van der Waals surface area contributed by atoms with E-state index in [1.807, 2.05) is 38.5 Å². The van der Waals surface area contributed by atoms with Crippen LogP contribution in [0.15, 0.2) is 61.2 Å². The molecular weight excluding hydrogens is 543 g/mol. The number of halogens is 1. The third-order valence-electron chi connectivity index (χ3n) is 9.50. The van der Waals surface area contributed by atoms with Crippen LogP contribution < -0.4 is 4.74 Å². The smallest absolute Gasteiger partial charge is 0.306 e. The number of benzene rings is 2. The molecule has 2 aliphatic heterocycles. The van der Waals surface area contributed by atoms with E-state index in [0.29, 0.717) is 18.0 Å². The predicted octanol–water partition coefficient (Wildman–Crippen LogP) is 6.69. The second kappa shape index (κ2) is 11.2. The quantitative estimate of drug-likeness (QED) is 0.250. The molecular formula is C35H37FN4O3. The summed E-state index contributed by atoms with van der Waals surface area (Å²) >= 11 is 0. The highest BCUT2D eigenvalue weighted by molar-refractivity contribution is 5.71. The minimum Gasteiger partial charge on any atom is -0.485 e. The van der Waals surface area contributed by atoms with Crippen LogP contribution in [0.1, 0.15) is 71.8 Å². The topological polar surface area (TPSA) is 80.5 Å². The summed E-state index contributed by atoms with van der Waals surface area (Å²) in [5.74, 6) is -0.248. The number of carbonyl (C=O) groups is 1. The molecule has 4 heterocycles.